The summed E-state index contributed by atoms with van der Waals surface area (Å²) in [5, 5.41) is 14.3. The van der Waals surface area contributed by atoms with Crippen molar-refractivity contribution in [1.82, 2.24) is 5.32 Å². The molecule has 0 radical (unpaired) electrons. The van der Waals surface area contributed by atoms with Crippen molar-refractivity contribution in [2.45, 2.75) is 38.0 Å². The maximum Gasteiger partial charge on any atom is 0.272 e. The van der Waals surface area contributed by atoms with E-state index in [2.05, 4.69) is 12.2 Å². The van der Waals surface area contributed by atoms with E-state index in [-0.39, 0.29) is 10.6 Å². The van der Waals surface area contributed by atoms with E-state index in [9.17, 15) is 10.1 Å². The summed E-state index contributed by atoms with van der Waals surface area (Å²) >= 11 is 2.02. The van der Waals surface area contributed by atoms with E-state index in [4.69, 9.17) is 0 Å². The number of hydrogen-bond acceptors (Lipinski definition) is 4. The van der Waals surface area contributed by atoms with Crippen molar-refractivity contribution in [3.8, 4) is 0 Å². The van der Waals surface area contributed by atoms with Gasteiger partial charge in [-0.15, -0.1) is 0 Å². The summed E-state index contributed by atoms with van der Waals surface area (Å²) < 4.78 is 0.330. The Morgan fingerprint density at radius 3 is 2.95 bits per heavy atom. The van der Waals surface area contributed by atoms with E-state index in [0.717, 1.165) is 12.1 Å². The molecule has 1 N–H and O–H groups in total. The molecular formula is C14H20N2O2S. The Morgan fingerprint density at radius 1 is 1.53 bits per heavy atom. The van der Waals surface area contributed by atoms with Crippen LogP contribution in [0, 0.1) is 17.0 Å². The molecule has 0 aliphatic carbocycles. The van der Waals surface area contributed by atoms with Crippen LogP contribution in [0.4, 0.5) is 5.69 Å². The van der Waals surface area contributed by atoms with Crippen molar-refractivity contribution in [2.24, 2.45) is 0 Å². The molecule has 1 aromatic carbocycles. The van der Waals surface area contributed by atoms with Gasteiger partial charge in [-0.05, 0) is 38.0 Å². The number of aryl methyl sites for hydroxylation is 1. The largest absolute Gasteiger partial charge is 0.311 e. The van der Waals surface area contributed by atoms with E-state index < -0.39 is 0 Å². The zero-order valence-corrected chi connectivity index (χ0v) is 12.3. The number of thioether (sulfide) groups is 1. The second kappa shape index (κ2) is 5.92. The summed E-state index contributed by atoms with van der Waals surface area (Å²) in [4.78, 5) is 10.6. The molecule has 104 valence electrons. The number of benzene rings is 1. The predicted octanol–water partition coefficient (Wildman–Crippen LogP) is 3.28. The van der Waals surface area contributed by atoms with Crippen molar-refractivity contribution < 1.29 is 4.92 Å². The lowest BCUT2D eigenvalue weighted by Crippen LogP contribution is -2.32. The first kappa shape index (κ1) is 14.3. The predicted molar refractivity (Wildman–Crippen MR) is 79.6 cm³/mol. The molecule has 0 aromatic heterocycles. The standard InChI is InChI=1S/C14H20N2O2S/c1-11-4-5-12(8-13(11)16(17)18)9-15-10-14(2)6-3-7-19-14/h4-5,8,15H,3,6-7,9-10H2,1-2H3. The highest BCUT2D eigenvalue weighted by atomic mass is 32.2. The monoisotopic (exact) mass is 280 g/mol. The second-order valence-corrected chi connectivity index (χ2v) is 7.07. The molecule has 1 heterocycles. The minimum absolute atomic E-state index is 0.209. The van der Waals surface area contributed by atoms with Gasteiger partial charge in [-0.25, -0.2) is 0 Å². The maximum atomic E-state index is 10.9. The van der Waals surface area contributed by atoms with Gasteiger partial charge in [0.2, 0.25) is 0 Å². The lowest BCUT2D eigenvalue weighted by molar-refractivity contribution is -0.385. The highest BCUT2D eigenvalue weighted by Gasteiger charge is 2.28. The number of nitro groups is 1. The summed E-state index contributed by atoms with van der Waals surface area (Å²) in [6.45, 7) is 5.71. The number of rotatable bonds is 5. The molecule has 0 amide bonds. The third-order valence-corrected chi connectivity index (χ3v) is 5.14. The lowest BCUT2D eigenvalue weighted by atomic mass is 10.1. The van der Waals surface area contributed by atoms with Gasteiger partial charge in [-0.3, -0.25) is 10.1 Å². The molecule has 1 atom stereocenters. The average molecular weight is 280 g/mol. The van der Waals surface area contributed by atoms with Crippen molar-refractivity contribution in [3.05, 3.63) is 39.4 Å². The highest BCUT2D eigenvalue weighted by molar-refractivity contribution is 8.00. The van der Waals surface area contributed by atoms with Crippen LogP contribution in [0.15, 0.2) is 18.2 Å². The summed E-state index contributed by atoms with van der Waals surface area (Å²) in [5.41, 5.74) is 1.90. The first-order chi connectivity index (χ1) is 9.00. The summed E-state index contributed by atoms with van der Waals surface area (Å²) in [5.74, 6) is 1.24. The smallest absolute Gasteiger partial charge is 0.272 e. The Labute approximate surface area is 118 Å². The van der Waals surface area contributed by atoms with Gasteiger partial charge in [-0.2, -0.15) is 11.8 Å². The molecule has 1 aliphatic rings. The van der Waals surface area contributed by atoms with Crippen molar-refractivity contribution in [3.63, 3.8) is 0 Å². The van der Waals surface area contributed by atoms with Crippen LogP contribution in [-0.2, 0) is 6.54 Å². The summed E-state index contributed by atoms with van der Waals surface area (Å²) in [6, 6.07) is 5.45. The molecule has 1 aliphatic heterocycles. The van der Waals surface area contributed by atoms with Crippen LogP contribution in [0.2, 0.25) is 0 Å². The van der Waals surface area contributed by atoms with Crippen LogP contribution >= 0.6 is 11.8 Å². The molecule has 5 heteroatoms. The molecule has 0 bridgehead atoms. The third kappa shape index (κ3) is 3.70. The quantitative estimate of drug-likeness (QED) is 0.664. The fraction of sp³-hybridized carbons (Fsp3) is 0.571. The van der Waals surface area contributed by atoms with Crippen molar-refractivity contribution in [2.75, 3.05) is 12.3 Å². The average Bonchev–Trinajstić information content (AvgIpc) is 2.78. The van der Waals surface area contributed by atoms with Crippen LogP contribution < -0.4 is 5.32 Å². The van der Waals surface area contributed by atoms with Crippen LogP contribution in [0.25, 0.3) is 0 Å². The molecular weight excluding hydrogens is 260 g/mol. The number of hydrogen-bond donors (Lipinski definition) is 1. The van der Waals surface area contributed by atoms with Gasteiger partial charge >= 0.3 is 0 Å². The molecule has 0 spiro atoms. The third-order valence-electron chi connectivity index (χ3n) is 3.60. The van der Waals surface area contributed by atoms with Gasteiger partial charge in [0.25, 0.3) is 5.69 Å². The molecule has 2 rings (SSSR count). The molecule has 1 fully saturated rings. The first-order valence-electron chi connectivity index (χ1n) is 6.59. The Morgan fingerprint density at radius 2 is 2.32 bits per heavy atom. The SMILES string of the molecule is Cc1ccc(CNCC2(C)CCCS2)cc1[N+](=O)[O-]. The van der Waals surface area contributed by atoms with Gasteiger partial charge < -0.3 is 5.32 Å². The fourth-order valence-corrected chi connectivity index (χ4v) is 3.68. The van der Waals surface area contributed by atoms with Gasteiger partial charge in [0, 0.05) is 29.5 Å². The summed E-state index contributed by atoms with van der Waals surface area (Å²) in [6.07, 6.45) is 2.54. The number of nitrogens with one attached hydrogen (secondary N) is 1. The fourth-order valence-electron chi connectivity index (χ4n) is 2.41. The normalized spacial score (nSPS) is 22.6. The Kier molecular flexibility index (Phi) is 4.47. The minimum Gasteiger partial charge on any atom is -0.311 e. The maximum absolute atomic E-state index is 10.9. The van der Waals surface area contributed by atoms with Crippen LogP contribution in [-0.4, -0.2) is 22.0 Å². The van der Waals surface area contributed by atoms with E-state index in [1.807, 2.05) is 23.9 Å². The topological polar surface area (TPSA) is 55.2 Å². The van der Waals surface area contributed by atoms with Gasteiger partial charge in [-0.1, -0.05) is 12.1 Å². The van der Waals surface area contributed by atoms with E-state index >= 15 is 0 Å². The zero-order chi connectivity index (χ0) is 13.9. The van der Waals surface area contributed by atoms with E-state index in [1.165, 1.54) is 18.6 Å². The highest BCUT2D eigenvalue weighted by Crippen LogP contribution is 2.37. The Balaban J connectivity index is 1.92. The van der Waals surface area contributed by atoms with Crippen LogP contribution in [0.5, 0.6) is 0 Å². The molecule has 0 saturated carbocycles. The van der Waals surface area contributed by atoms with Crippen LogP contribution in [0.1, 0.15) is 30.9 Å². The minimum atomic E-state index is -0.313. The van der Waals surface area contributed by atoms with Crippen LogP contribution in [0.3, 0.4) is 0 Å². The summed E-state index contributed by atoms with van der Waals surface area (Å²) in [7, 11) is 0. The lowest BCUT2D eigenvalue weighted by Gasteiger charge is -2.23. The van der Waals surface area contributed by atoms with E-state index in [0.29, 0.717) is 16.9 Å². The first-order valence-corrected chi connectivity index (χ1v) is 7.57. The van der Waals surface area contributed by atoms with E-state index in [1.54, 1.807) is 13.0 Å². The van der Waals surface area contributed by atoms with Gasteiger partial charge in [0.15, 0.2) is 0 Å². The molecule has 4 nitrogen and oxygen atoms in total. The zero-order valence-electron chi connectivity index (χ0n) is 11.4. The number of nitro benzene ring substituents is 1. The molecule has 1 aromatic rings. The number of nitrogens with zero attached hydrogens (tertiary/aromatic N) is 1. The molecule has 19 heavy (non-hydrogen) atoms. The van der Waals surface area contributed by atoms with Gasteiger partial charge in [0.05, 0.1) is 4.92 Å². The van der Waals surface area contributed by atoms with Crippen molar-refractivity contribution in [1.29, 1.82) is 0 Å². The Bertz CT molecular complexity index is 471. The second-order valence-electron chi connectivity index (χ2n) is 5.38. The van der Waals surface area contributed by atoms with Gasteiger partial charge in [0.1, 0.15) is 0 Å². The molecule has 1 saturated heterocycles. The van der Waals surface area contributed by atoms with Crippen molar-refractivity contribution >= 4 is 17.4 Å². The Hall–Kier alpha value is -1.07. The molecule has 1 unspecified atom stereocenters.